The summed E-state index contributed by atoms with van der Waals surface area (Å²) < 4.78 is 0. The fraction of sp³-hybridized carbons (Fsp3) is 0.462. The number of carboxylic acid groups (broad SMARTS) is 1. The Morgan fingerprint density at radius 1 is 1.40 bits per heavy atom. The Bertz CT molecular complexity index is 371. The van der Waals surface area contributed by atoms with Crippen LogP contribution in [0.3, 0.4) is 0 Å². The largest absolute Gasteiger partial charge is 0.481 e. The van der Waals surface area contributed by atoms with Crippen molar-refractivity contribution < 1.29 is 9.90 Å². The molecule has 1 fully saturated rings. The van der Waals surface area contributed by atoms with Crippen LogP contribution in [0.5, 0.6) is 0 Å². The molecule has 0 aliphatic heterocycles. The van der Waals surface area contributed by atoms with Gasteiger partial charge in [-0.2, -0.15) is 0 Å². The van der Waals surface area contributed by atoms with Gasteiger partial charge in [0, 0.05) is 0 Å². The quantitative estimate of drug-likeness (QED) is 0.804. The number of aryl methyl sites for hydroxylation is 1. The normalized spacial score (nSPS) is 25.4. The minimum absolute atomic E-state index is 0.129. The summed E-state index contributed by atoms with van der Waals surface area (Å²) in [6.07, 6.45) is 2.65. The second kappa shape index (κ2) is 4.05. The fourth-order valence-electron chi connectivity index (χ4n) is 2.43. The SMILES string of the molecule is Cc1cccc(C2CCC(C(=O)O)C2)c1. The molecule has 0 bridgehead atoms. The molecule has 1 aliphatic rings. The van der Waals surface area contributed by atoms with E-state index in [4.69, 9.17) is 5.11 Å². The lowest BCUT2D eigenvalue weighted by Gasteiger charge is -2.10. The van der Waals surface area contributed by atoms with Crippen LogP contribution in [0, 0.1) is 12.8 Å². The molecule has 1 aromatic rings. The topological polar surface area (TPSA) is 37.3 Å². The van der Waals surface area contributed by atoms with E-state index < -0.39 is 5.97 Å². The van der Waals surface area contributed by atoms with Crippen LogP contribution in [0.15, 0.2) is 24.3 Å². The van der Waals surface area contributed by atoms with Crippen molar-refractivity contribution in [2.75, 3.05) is 0 Å². The lowest BCUT2D eigenvalue weighted by molar-refractivity contribution is -0.141. The fourth-order valence-corrected chi connectivity index (χ4v) is 2.43. The molecule has 1 aliphatic carbocycles. The second-order valence-electron chi connectivity index (χ2n) is 4.46. The van der Waals surface area contributed by atoms with E-state index in [1.54, 1.807) is 0 Å². The van der Waals surface area contributed by atoms with E-state index in [0.717, 1.165) is 19.3 Å². The molecule has 0 amide bonds. The highest BCUT2D eigenvalue weighted by atomic mass is 16.4. The molecule has 0 saturated heterocycles. The van der Waals surface area contributed by atoms with Crippen LogP contribution < -0.4 is 0 Å². The molecule has 2 nitrogen and oxygen atoms in total. The van der Waals surface area contributed by atoms with Crippen molar-refractivity contribution in [3.8, 4) is 0 Å². The van der Waals surface area contributed by atoms with Gasteiger partial charge in [-0.25, -0.2) is 0 Å². The monoisotopic (exact) mass is 204 g/mol. The van der Waals surface area contributed by atoms with Gasteiger partial charge >= 0.3 is 5.97 Å². The highest BCUT2D eigenvalue weighted by molar-refractivity contribution is 5.70. The first-order chi connectivity index (χ1) is 7.16. The Labute approximate surface area is 89.9 Å². The third kappa shape index (κ3) is 2.20. The molecule has 1 saturated carbocycles. The molecule has 80 valence electrons. The summed E-state index contributed by atoms with van der Waals surface area (Å²) in [6, 6.07) is 8.42. The van der Waals surface area contributed by atoms with Crippen molar-refractivity contribution in [3.63, 3.8) is 0 Å². The van der Waals surface area contributed by atoms with Crippen LogP contribution in [0.4, 0.5) is 0 Å². The summed E-state index contributed by atoms with van der Waals surface area (Å²) in [5, 5.41) is 8.93. The molecule has 2 rings (SSSR count). The highest BCUT2D eigenvalue weighted by Crippen LogP contribution is 2.38. The summed E-state index contributed by atoms with van der Waals surface area (Å²) in [6.45, 7) is 2.08. The summed E-state index contributed by atoms with van der Waals surface area (Å²) in [7, 11) is 0. The summed E-state index contributed by atoms with van der Waals surface area (Å²) in [5.74, 6) is -0.313. The van der Waals surface area contributed by atoms with Gasteiger partial charge in [0.15, 0.2) is 0 Å². The predicted molar refractivity (Wildman–Crippen MR) is 58.9 cm³/mol. The Kier molecular flexibility index (Phi) is 2.76. The van der Waals surface area contributed by atoms with Crippen LogP contribution in [-0.2, 0) is 4.79 Å². The zero-order valence-electron chi connectivity index (χ0n) is 8.94. The predicted octanol–water partition coefficient (Wildman–Crippen LogP) is 2.96. The number of rotatable bonds is 2. The second-order valence-corrected chi connectivity index (χ2v) is 4.46. The molecule has 0 heterocycles. The van der Waals surface area contributed by atoms with Crippen LogP contribution in [0.2, 0.25) is 0 Å². The molecule has 2 unspecified atom stereocenters. The van der Waals surface area contributed by atoms with Gasteiger partial charge in [0.05, 0.1) is 5.92 Å². The summed E-state index contributed by atoms with van der Waals surface area (Å²) >= 11 is 0. The zero-order valence-corrected chi connectivity index (χ0v) is 8.94. The minimum atomic E-state index is -0.634. The van der Waals surface area contributed by atoms with Crippen molar-refractivity contribution in [2.45, 2.75) is 32.1 Å². The molecule has 1 N–H and O–H groups in total. The van der Waals surface area contributed by atoms with Crippen LogP contribution in [0.1, 0.15) is 36.3 Å². The minimum Gasteiger partial charge on any atom is -0.481 e. The van der Waals surface area contributed by atoms with Crippen molar-refractivity contribution >= 4 is 5.97 Å². The molecule has 0 spiro atoms. The third-order valence-electron chi connectivity index (χ3n) is 3.30. The van der Waals surface area contributed by atoms with Crippen LogP contribution >= 0.6 is 0 Å². The molecular weight excluding hydrogens is 188 g/mol. The summed E-state index contributed by atoms with van der Waals surface area (Å²) in [4.78, 5) is 10.8. The molecule has 2 heteroatoms. The maximum Gasteiger partial charge on any atom is 0.306 e. The smallest absolute Gasteiger partial charge is 0.306 e. The highest BCUT2D eigenvalue weighted by Gasteiger charge is 2.30. The summed E-state index contributed by atoms with van der Waals surface area (Å²) in [5.41, 5.74) is 2.56. The average Bonchev–Trinajstić information content (AvgIpc) is 2.66. The lowest BCUT2D eigenvalue weighted by atomic mass is 9.95. The van der Waals surface area contributed by atoms with E-state index in [-0.39, 0.29) is 5.92 Å². The Hall–Kier alpha value is -1.31. The molecule has 0 radical (unpaired) electrons. The number of benzene rings is 1. The van der Waals surface area contributed by atoms with E-state index in [9.17, 15) is 4.79 Å². The van der Waals surface area contributed by atoms with Gasteiger partial charge in [-0.05, 0) is 37.7 Å². The van der Waals surface area contributed by atoms with Crippen LogP contribution in [-0.4, -0.2) is 11.1 Å². The Balaban J connectivity index is 2.11. The van der Waals surface area contributed by atoms with Crippen LogP contribution in [0.25, 0.3) is 0 Å². The number of aliphatic carboxylic acids is 1. The number of hydrogen-bond acceptors (Lipinski definition) is 1. The van der Waals surface area contributed by atoms with Gasteiger partial charge in [0.25, 0.3) is 0 Å². The van der Waals surface area contributed by atoms with E-state index in [0.29, 0.717) is 5.92 Å². The van der Waals surface area contributed by atoms with Crippen molar-refractivity contribution in [1.82, 2.24) is 0 Å². The molecule has 15 heavy (non-hydrogen) atoms. The molecule has 2 atom stereocenters. The van der Waals surface area contributed by atoms with Gasteiger partial charge in [-0.3, -0.25) is 4.79 Å². The number of carboxylic acids is 1. The Morgan fingerprint density at radius 3 is 2.80 bits per heavy atom. The first-order valence-corrected chi connectivity index (χ1v) is 5.46. The van der Waals surface area contributed by atoms with Gasteiger partial charge < -0.3 is 5.11 Å². The van der Waals surface area contributed by atoms with Crippen molar-refractivity contribution in [3.05, 3.63) is 35.4 Å². The first-order valence-electron chi connectivity index (χ1n) is 5.46. The molecular formula is C13H16O2. The maximum absolute atomic E-state index is 10.8. The maximum atomic E-state index is 10.8. The van der Waals surface area contributed by atoms with E-state index >= 15 is 0 Å². The lowest BCUT2D eigenvalue weighted by Crippen LogP contribution is -2.09. The molecule has 0 aromatic heterocycles. The van der Waals surface area contributed by atoms with Crippen molar-refractivity contribution in [1.29, 1.82) is 0 Å². The van der Waals surface area contributed by atoms with Crippen molar-refractivity contribution in [2.24, 2.45) is 5.92 Å². The van der Waals surface area contributed by atoms with Gasteiger partial charge in [0.2, 0.25) is 0 Å². The number of carbonyl (C=O) groups is 1. The van der Waals surface area contributed by atoms with Gasteiger partial charge in [0.1, 0.15) is 0 Å². The molecule has 1 aromatic carbocycles. The standard InChI is InChI=1S/C13H16O2/c1-9-3-2-4-10(7-9)11-5-6-12(8-11)13(14)15/h2-4,7,11-12H,5-6,8H2,1H3,(H,14,15). The van der Waals surface area contributed by atoms with E-state index in [1.807, 2.05) is 0 Å². The zero-order chi connectivity index (χ0) is 10.8. The average molecular weight is 204 g/mol. The van der Waals surface area contributed by atoms with E-state index in [2.05, 4.69) is 31.2 Å². The third-order valence-corrected chi connectivity index (χ3v) is 3.30. The Morgan fingerprint density at radius 2 is 2.20 bits per heavy atom. The van der Waals surface area contributed by atoms with Gasteiger partial charge in [-0.1, -0.05) is 29.8 Å². The van der Waals surface area contributed by atoms with E-state index in [1.165, 1.54) is 11.1 Å². The van der Waals surface area contributed by atoms with Gasteiger partial charge in [-0.15, -0.1) is 0 Å². The number of hydrogen-bond donors (Lipinski definition) is 1. The first kappa shape index (κ1) is 10.2.